The van der Waals surface area contributed by atoms with Crippen LogP contribution in [0, 0.1) is 0 Å². The Hall–Kier alpha value is -0.630. The van der Waals surface area contributed by atoms with E-state index in [1.54, 1.807) is 6.92 Å². The topological polar surface area (TPSA) is 46.5 Å². The van der Waals surface area contributed by atoms with Crippen molar-refractivity contribution in [2.75, 3.05) is 6.61 Å². The van der Waals surface area contributed by atoms with Crippen LogP contribution in [0.15, 0.2) is 6.08 Å². The van der Waals surface area contributed by atoms with Crippen molar-refractivity contribution in [1.29, 1.82) is 0 Å². The number of aliphatic hydroxyl groups is 1. The summed E-state index contributed by atoms with van der Waals surface area (Å²) in [6.07, 6.45) is -0.179. The molecule has 0 aromatic rings. The molecular formula is C5H8O3. The van der Waals surface area contributed by atoms with Gasteiger partial charge in [0.2, 0.25) is 0 Å². The number of aliphatic hydroxyl groups excluding tert-OH is 1. The van der Waals surface area contributed by atoms with Gasteiger partial charge in [-0.25, -0.2) is 4.79 Å². The van der Waals surface area contributed by atoms with Crippen molar-refractivity contribution in [2.45, 2.75) is 13.2 Å². The molecular weight excluding hydrogens is 108 g/mol. The summed E-state index contributed by atoms with van der Waals surface area (Å²) in [4.78, 5) is 9.47. The van der Waals surface area contributed by atoms with E-state index in [-0.39, 0.29) is 0 Å². The summed E-state index contributed by atoms with van der Waals surface area (Å²) in [5, 5.41) is 8.51. The second kappa shape index (κ2) is 4.53. The lowest BCUT2D eigenvalue weighted by molar-refractivity contribution is -0.0579. The van der Waals surface area contributed by atoms with Crippen LogP contribution in [0.5, 0.6) is 0 Å². The molecule has 0 radical (unpaired) electrons. The van der Waals surface area contributed by atoms with E-state index in [9.17, 15) is 4.79 Å². The summed E-state index contributed by atoms with van der Waals surface area (Å²) in [5.74, 6) is 1.40. The highest BCUT2D eigenvalue weighted by molar-refractivity contribution is 5.45. The Kier molecular flexibility index (Phi) is 4.17. The van der Waals surface area contributed by atoms with Gasteiger partial charge >= 0.3 is 0 Å². The zero-order valence-electron chi connectivity index (χ0n) is 4.63. The van der Waals surface area contributed by atoms with Crippen LogP contribution in [0.3, 0.4) is 0 Å². The minimum Gasteiger partial charge on any atom is -0.364 e. The Morgan fingerprint density at radius 1 is 2.00 bits per heavy atom. The predicted octanol–water partition coefficient (Wildman–Crippen LogP) is -0.271. The molecule has 0 aliphatic carbocycles. The molecule has 0 saturated heterocycles. The molecule has 46 valence electrons. The second-order valence-corrected chi connectivity index (χ2v) is 1.13. The summed E-state index contributed by atoms with van der Waals surface area (Å²) < 4.78 is 4.52. The van der Waals surface area contributed by atoms with Crippen LogP contribution < -0.4 is 0 Å². The molecule has 0 heterocycles. The first kappa shape index (κ1) is 7.37. The number of hydrogen-bond acceptors (Lipinski definition) is 3. The molecule has 0 rings (SSSR count). The monoisotopic (exact) mass is 116 g/mol. The van der Waals surface area contributed by atoms with E-state index in [0.717, 1.165) is 6.08 Å². The molecule has 0 saturated carbocycles. The van der Waals surface area contributed by atoms with Gasteiger partial charge in [0.05, 0.1) is 6.08 Å². The first-order valence-electron chi connectivity index (χ1n) is 2.32. The van der Waals surface area contributed by atoms with E-state index >= 15 is 0 Å². The lowest BCUT2D eigenvalue weighted by Gasteiger charge is -1.99. The largest absolute Gasteiger partial charge is 0.364 e. The van der Waals surface area contributed by atoms with Gasteiger partial charge in [-0.3, -0.25) is 0 Å². The van der Waals surface area contributed by atoms with Gasteiger partial charge in [0.25, 0.3) is 0 Å². The maximum Gasteiger partial charge on any atom is 0.184 e. The molecule has 1 N–H and O–H groups in total. The Morgan fingerprint density at radius 3 is 3.00 bits per heavy atom. The van der Waals surface area contributed by atoms with Gasteiger partial charge in [-0.15, -0.1) is 0 Å². The standard InChI is InChI=1S/C5H8O3/c1-2-8-5(7)3-4-6/h3,5,7H,2H2,1H3. The van der Waals surface area contributed by atoms with Gasteiger partial charge in [-0.2, -0.15) is 0 Å². The number of ether oxygens (including phenoxy) is 1. The summed E-state index contributed by atoms with van der Waals surface area (Å²) in [6.45, 7) is 2.11. The third-order valence-electron chi connectivity index (χ3n) is 0.548. The first-order valence-corrected chi connectivity index (χ1v) is 2.32. The molecule has 3 heteroatoms. The van der Waals surface area contributed by atoms with Crippen molar-refractivity contribution in [1.82, 2.24) is 0 Å². The third-order valence-corrected chi connectivity index (χ3v) is 0.548. The Bertz CT molecular complexity index is 93.8. The molecule has 1 atom stereocenters. The third kappa shape index (κ3) is 3.56. The minimum absolute atomic E-state index is 0.388. The first-order chi connectivity index (χ1) is 3.81. The van der Waals surface area contributed by atoms with Crippen molar-refractivity contribution in [3.8, 4) is 0 Å². The predicted molar refractivity (Wildman–Crippen MR) is 27.9 cm³/mol. The molecule has 3 nitrogen and oxygen atoms in total. The molecule has 0 bridgehead atoms. The molecule has 0 aromatic carbocycles. The Balaban J connectivity index is 3.31. The lowest BCUT2D eigenvalue weighted by Crippen LogP contribution is -2.07. The quantitative estimate of drug-likeness (QED) is 0.408. The zero-order valence-corrected chi connectivity index (χ0v) is 4.63. The van der Waals surface area contributed by atoms with Crippen LogP contribution in [-0.2, 0) is 9.53 Å². The molecule has 8 heavy (non-hydrogen) atoms. The van der Waals surface area contributed by atoms with Gasteiger partial charge in [0, 0.05) is 6.61 Å². The molecule has 0 aliphatic rings. The fraction of sp³-hybridized carbons (Fsp3) is 0.600. The molecule has 1 unspecified atom stereocenters. The SMILES string of the molecule is CCOC(O)C=C=O. The average Bonchev–Trinajstić information content (AvgIpc) is 1.68. The van der Waals surface area contributed by atoms with Crippen molar-refractivity contribution >= 4 is 5.94 Å². The smallest absolute Gasteiger partial charge is 0.184 e. The van der Waals surface area contributed by atoms with E-state index in [2.05, 4.69) is 4.74 Å². The maximum atomic E-state index is 9.47. The number of rotatable bonds is 3. The summed E-state index contributed by atoms with van der Waals surface area (Å²) in [5.41, 5.74) is 0. The van der Waals surface area contributed by atoms with Crippen molar-refractivity contribution in [3.63, 3.8) is 0 Å². The van der Waals surface area contributed by atoms with E-state index in [1.807, 2.05) is 0 Å². The fourth-order valence-corrected chi connectivity index (χ4v) is 0.277. The molecule has 0 aromatic heterocycles. The van der Waals surface area contributed by atoms with Crippen molar-refractivity contribution in [3.05, 3.63) is 6.08 Å². The number of hydrogen-bond donors (Lipinski definition) is 1. The lowest BCUT2D eigenvalue weighted by atomic mass is 10.6. The Morgan fingerprint density at radius 2 is 2.62 bits per heavy atom. The van der Waals surface area contributed by atoms with Gasteiger partial charge in [-0.1, -0.05) is 0 Å². The highest BCUT2D eigenvalue weighted by atomic mass is 16.6. The summed E-state index contributed by atoms with van der Waals surface area (Å²) >= 11 is 0. The van der Waals surface area contributed by atoms with Crippen molar-refractivity contribution < 1.29 is 14.6 Å². The normalized spacial score (nSPS) is 12.2. The van der Waals surface area contributed by atoms with Crippen LogP contribution in [-0.4, -0.2) is 23.9 Å². The Labute approximate surface area is 47.6 Å². The van der Waals surface area contributed by atoms with E-state index in [0.29, 0.717) is 6.61 Å². The van der Waals surface area contributed by atoms with Gasteiger partial charge in [0.1, 0.15) is 5.94 Å². The summed E-state index contributed by atoms with van der Waals surface area (Å²) in [7, 11) is 0. The van der Waals surface area contributed by atoms with Crippen LogP contribution in [0.2, 0.25) is 0 Å². The van der Waals surface area contributed by atoms with E-state index in [1.165, 1.54) is 5.94 Å². The number of carbonyl (C=O) groups excluding carboxylic acids is 1. The van der Waals surface area contributed by atoms with Crippen LogP contribution in [0.25, 0.3) is 0 Å². The van der Waals surface area contributed by atoms with E-state index in [4.69, 9.17) is 5.11 Å². The molecule has 0 fully saturated rings. The van der Waals surface area contributed by atoms with E-state index < -0.39 is 6.29 Å². The molecule has 0 aliphatic heterocycles. The minimum atomic E-state index is -1.09. The van der Waals surface area contributed by atoms with Crippen LogP contribution in [0.1, 0.15) is 6.92 Å². The fourth-order valence-electron chi connectivity index (χ4n) is 0.277. The van der Waals surface area contributed by atoms with Crippen molar-refractivity contribution in [2.24, 2.45) is 0 Å². The van der Waals surface area contributed by atoms with Crippen LogP contribution >= 0.6 is 0 Å². The highest BCUT2D eigenvalue weighted by Crippen LogP contribution is 1.83. The van der Waals surface area contributed by atoms with Gasteiger partial charge < -0.3 is 9.84 Å². The highest BCUT2D eigenvalue weighted by Gasteiger charge is 1.92. The second-order valence-electron chi connectivity index (χ2n) is 1.13. The average molecular weight is 116 g/mol. The maximum absolute atomic E-state index is 9.47. The molecule has 0 amide bonds. The van der Waals surface area contributed by atoms with Gasteiger partial charge in [0.15, 0.2) is 6.29 Å². The summed E-state index contributed by atoms with van der Waals surface area (Å²) in [6, 6.07) is 0. The molecule has 0 spiro atoms. The zero-order chi connectivity index (χ0) is 6.41. The van der Waals surface area contributed by atoms with Crippen LogP contribution in [0.4, 0.5) is 0 Å². The van der Waals surface area contributed by atoms with Gasteiger partial charge in [-0.05, 0) is 6.92 Å².